The molecule has 0 atom stereocenters. The van der Waals surface area contributed by atoms with Gasteiger partial charge in [0.15, 0.2) is 23.3 Å². The molecule has 7 heteroatoms. The Hall–Kier alpha value is -1.53. The van der Waals surface area contributed by atoms with Gasteiger partial charge in [-0.25, -0.2) is 22.0 Å². The second-order valence-corrected chi connectivity index (χ2v) is 2.22. The summed E-state index contributed by atoms with van der Waals surface area (Å²) >= 11 is 0. The van der Waals surface area contributed by atoms with Gasteiger partial charge in [-0.3, -0.25) is 4.79 Å². The molecule has 0 aliphatic heterocycles. The van der Waals surface area contributed by atoms with Gasteiger partial charge in [-0.15, -0.1) is 0 Å². The Labute approximate surface area is 73.0 Å². The van der Waals surface area contributed by atoms with E-state index in [4.69, 9.17) is 0 Å². The molecule has 0 saturated heterocycles. The Bertz CT molecular complexity index is 384. The zero-order valence-corrected chi connectivity index (χ0v) is 6.18. The molecule has 1 nitrogen and oxygen atoms in total. The molecule has 76 valence electrons. The van der Waals surface area contributed by atoms with Gasteiger partial charge in [-0.05, 0) is 0 Å². The van der Waals surface area contributed by atoms with Crippen LogP contribution in [0.2, 0.25) is 0 Å². The van der Waals surface area contributed by atoms with Gasteiger partial charge in [0.1, 0.15) is 5.56 Å². The zero-order chi connectivity index (χ0) is 11.0. The molecule has 0 heterocycles. The maximum Gasteiger partial charge on any atom is 0.338 e. The molecule has 0 amide bonds. The third-order valence-electron chi connectivity index (χ3n) is 1.41. The summed E-state index contributed by atoms with van der Waals surface area (Å²) in [6.07, 6.45) is 0. The lowest BCUT2D eigenvalue weighted by Crippen LogP contribution is -2.09. The predicted molar refractivity (Wildman–Crippen MR) is 31.7 cm³/mol. The van der Waals surface area contributed by atoms with E-state index in [2.05, 4.69) is 0 Å². The number of rotatable bonds is 1. The van der Waals surface area contributed by atoms with Crippen LogP contribution in [-0.4, -0.2) is 6.04 Å². The Morgan fingerprint density at radius 3 is 1.29 bits per heavy atom. The van der Waals surface area contributed by atoms with Crippen LogP contribution in [0.25, 0.3) is 0 Å². The van der Waals surface area contributed by atoms with Gasteiger partial charge in [0.2, 0.25) is 5.82 Å². The monoisotopic (exact) mass is 214 g/mol. The fourth-order valence-electron chi connectivity index (χ4n) is 0.777. The summed E-state index contributed by atoms with van der Waals surface area (Å²) < 4.78 is 73.7. The fourth-order valence-corrected chi connectivity index (χ4v) is 0.777. The largest absolute Gasteiger partial charge is 0.338 e. The highest BCUT2D eigenvalue weighted by atomic mass is 19.2. The fraction of sp³-hybridized carbons (Fsp3) is 0. The van der Waals surface area contributed by atoms with E-state index in [1.165, 1.54) is 0 Å². The molecule has 0 radical (unpaired) electrons. The molecule has 0 aromatic heterocycles. The number of carbonyl (C=O) groups is 1. The van der Waals surface area contributed by atoms with E-state index in [-0.39, 0.29) is 0 Å². The molecule has 0 spiro atoms. The summed E-state index contributed by atoms with van der Waals surface area (Å²) in [6, 6.07) is -2.72. The van der Waals surface area contributed by atoms with Crippen molar-refractivity contribution in [2.45, 2.75) is 0 Å². The van der Waals surface area contributed by atoms with E-state index in [1.54, 1.807) is 0 Å². The molecule has 1 aromatic rings. The lowest BCUT2D eigenvalue weighted by atomic mass is 10.2. The third-order valence-corrected chi connectivity index (χ3v) is 1.41. The minimum Gasteiger partial charge on any atom is -0.255 e. The number of halogens is 6. The van der Waals surface area contributed by atoms with Crippen LogP contribution < -0.4 is 0 Å². The van der Waals surface area contributed by atoms with Crippen molar-refractivity contribution in [3.63, 3.8) is 0 Å². The standard InChI is InChI=1S/C7F6O/c8-2-1(7(13)14)3(9)5(11)6(12)4(2)10. The molecule has 0 saturated carbocycles. The molecule has 0 bridgehead atoms. The second-order valence-electron chi connectivity index (χ2n) is 2.22. The van der Waals surface area contributed by atoms with Crippen molar-refractivity contribution in [2.24, 2.45) is 0 Å². The van der Waals surface area contributed by atoms with E-state index in [0.29, 0.717) is 0 Å². The Kier molecular flexibility index (Phi) is 2.50. The first kappa shape index (κ1) is 10.6. The summed E-state index contributed by atoms with van der Waals surface area (Å²) in [7, 11) is 0. The van der Waals surface area contributed by atoms with Gasteiger partial charge in [0.05, 0.1) is 0 Å². The molecule has 1 rings (SSSR count). The lowest BCUT2D eigenvalue weighted by Gasteiger charge is -2.02. The molecule has 1 aromatic carbocycles. The van der Waals surface area contributed by atoms with Crippen molar-refractivity contribution in [1.82, 2.24) is 0 Å². The molecule has 0 N–H and O–H groups in total. The van der Waals surface area contributed by atoms with E-state index in [9.17, 15) is 31.1 Å². The molecule has 0 aliphatic carbocycles. The summed E-state index contributed by atoms with van der Waals surface area (Å²) in [4.78, 5) is 9.90. The van der Waals surface area contributed by atoms with Crippen LogP contribution >= 0.6 is 0 Å². The van der Waals surface area contributed by atoms with Crippen LogP contribution in [0.4, 0.5) is 26.3 Å². The van der Waals surface area contributed by atoms with Crippen molar-refractivity contribution >= 4 is 6.04 Å². The van der Waals surface area contributed by atoms with Gasteiger partial charge < -0.3 is 0 Å². The van der Waals surface area contributed by atoms with Gasteiger partial charge in [0, 0.05) is 0 Å². The average molecular weight is 214 g/mol. The van der Waals surface area contributed by atoms with Gasteiger partial charge >= 0.3 is 6.04 Å². The summed E-state index contributed by atoms with van der Waals surface area (Å²) in [5.41, 5.74) is -2.08. The summed E-state index contributed by atoms with van der Waals surface area (Å²) in [6.45, 7) is 0. The average Bonchev–Trinajstić information content (AvgIpc) is 2.11. The van der Waals surface area contributed by atoms with E-state index >= 15 is 0 Å². The zero-order valence-electron chi connectivity index (χ0n) is 6.18. The lowest BCUT2D eigenvalue weighted by molar-refractivity contribution is 0.0823. The molecule has 0 fully saturated rings. The van der Waals surface area contributed by atoms with Gasteiger partial charge in [0.25, 0.3) is 0 Å². The highest BCUT2D eigenvalue weighted by Crippen LogP contribution is 2.23. The summed E-state index contributed by atoms with van der Waals surface area (Å²) in [5, 5.41) is 0. The number of hydrogen-bond acceptors (Lipinski definition) is 1. The first-order valence-electron chi connectivity index (χ1n) is 3.09. The molecule has 14 heavy (non-hydrogen) atoms. The van der Waals surface area contributed by atoms with Crippen molar-refractivity contribution < 1.29 is 31.1 Å². The summed E-state index contributed by atoms with van der Waals surface area (Å²) in [5.74, 6) is -12.1. The first-order valence-corrected chi connectivity index (χ1v) is 3.09. The maximum absolute atomic E-state index is 12.5. The van der Waals surface area contributed by atoms with Crippen molar-refractivity contribution in [3.8, 4) is 0 Å². The minimum absolute atomic E-state index is 2.08. The van der Waals surface area contributed by atoms with Gasteiger partial charge in [-0.2, -0.15) is 4.39 Å². The third kappa shape index (κ3) is 1.34. The smallest absolute Gasteiger partial charge is 0.255 e. The second kappa shape index (κ2) is 3.32. The quantitative estimate of drug-likeness (QED) is 0.304. The van der Waals surface area contributed by atoms with Crippen molar-refractivity contribution in [2.75, 3.05) is 0 Å². The van der Waals surface area contributed by atoms with Crippen LogP contribution in [0.15, 0.2) is 0 Å². The van der Waals surface area contributed by atoms with Crippen molar-refractivity contribution in [3.05, 3.63) is 34.6 Å². The van der Waals surface area contributed by atoms with Crippen LogP contribution in [0.3, 0.4) is 0 Å². The number of hydrogen-bond donors (Lipinski definition) is 0. The predicted octanol–water partition coefficient (Wildman–Crippen LogP) is 2.49. The Balaban J connectivity index is 3.68. The van der Waals surface area contributed by atoms with E-state index in [1.807, 2.05) is 0 Å². The SMILES string of the molecule is O=C(F)c1c(F)c(F)c(F)c(F)c1F. The maximum atomic E-state index is 12.5. The van der Waals surface area contributed by atoms with Crippen LogP contribution in [-0.2, 0) is 0 Å². The topological polar surface area (TPSA) is 17.1 Å². The van der Waals surface area contributed by atoms with Crippen LogP contribution in [0.1, 0.15) is 10.4 Å². The van der Waals surface area contributed by atoms with E-state index < -0.39 is 40.7 Å². The Morgan fingerprint density at radius 1 is 0.714 bits per heavy atom. The van der Waals surface area contributed by atoms with Crippen LogP contribution in [0, 0.1) is 29.1 Å². The highest BCUT2D eigenvalue weighted by molar-refractivity contribution is 5.89. The Morgan fingerprint density at radius 2 is 1.00 bits per heavy atom. The van der Waals surface area contributed by atoms with E-state index in [0.717, 1.165) is 0 Å². The van der Waals surface area contributed by atoms with Gasteiger partial charge in [-0.1, -0.05) is 0 Å². The number of carbonyl (C=O) groups excluding carboxylic acids is 1. The normalized spacial score (nSPS) is 10.4. The number of benzene rings is 1. The molecular formula is C7F6O. The highest BCUT2D eigenvalue weighted by Gasteiger charge is 2.29. The molecule has 0 aliphatic rings. The molecular weight excluding hydrogens is 214 g/mol. The van der Waals surface area contributed by atoms with Crippen LogP contribution in [0.5, 0.6) is 0 Å². The first-order chi connectivity index (χ1) is 6.37. The molecule has 0 unspecified atom stereocenters. The van der Waals surface area contributed by atoms with Crippen molar-refractivity contribution in [1.29, 1.82) is 0 Å². The minimum atomic E-state index is -2.72.